The molecule has 0 aromatic carbocycles. The second kappa shape index (κ2) is 9.31. The highest BCUT2D eigenvalue weighted by atomic mass is 16.3. The number of nitrogens with zero attached hydrogens (tertiary/aromatic N) is 3. The van der Waals surface area contributed by atoms with E-state index in [0.29, 0.717) is 44.9 Å². The Labute approximate surface area is 174 Å². The van der Waals surface area contributed by atoms with Gasteiger partial charge in [-0.3, -0.25) is 19.4 Å². The van der Waals surface area contributed by atoms with Crippen molar-refractivity contribution < 1.29 is 14.7 Å². The van der Waals surface area contributed by atoms with Gasteiger partial charge in [-0.25, -0.2) is 0 Å². The van der Waals surface area contributed by atoms with Gasteiger partial charge in [0, 0.05) is 50.7 Å². The van der Waals surface area contributed by atoms with Gasteiger partial charge in [0.2, 0.25) is 11.8 Å². The van der Waals surface area contributed by atoms with Crippen LogP contribution in [0, 0.1) is 0 Å². The Hall–Kier alpha value is -1.18. The number of likely N-dealkylation sites (tertiary alicyclic amines) is 2. The van der Waals surface area contributed by atoms with Gasteiger partial charge >= 0.3 is 0 Å². The predicted octanol–water partition coefficient (Wildman–Crippen LogP) is 0.956. The molecular weight excluding hydrogens is 368 g/mol. The molecule has 0 aromatic rings. The number of likely N-dealkylation sites (N-methyl/N-ethyl adjacent to an activating group) is 1. The zero-order valence-electron chi connectivity index (χ0n) is 17.9. The summed E-state index contributed by atoms with van der Waals surface area (Å²) in [7, 11) is 2.15. The van der Waals surface area contributed by atoms with E-state index in [-0.39, 0.29) is 36.0 Å². The van der Waals surface area contributed by atoms with Crippen molar-refractivity contribution in [1.29, 1.82) is 0 Å². The van der Waals surface area contributed by atoms with Crippen molar-refractivity contribution >= 4 is 11.8 Å². The van der Waals surface area contributed by atoms with Gasteiger partial charge in [0.25, 0.3) is 0 Å². The Morgan fingerprint density at radius 3 is 2.52 bits per heavy atom. The van der Waals surface area contributed by atoms with Gasteiger partial charge in [-0.15, -0.1) is 0 Å². The van der Waals surface area contributed by atoms with Gasteiger partial charge in [0.15, 0.2) is 0 Å². The van der Waals surface area contributed by atoms with E-state index in [4.69, 9.17) is 0 Å². The van der Waals surface area contributed by atoms with Crippen LogP contribution in [0.5, 0.6) is 0 Å². The molecule has 2 N–H and O–H groups in total. The van der Waals surface area contributed by atoms with Crippen LogP contribution in [0.3, 0.4) is 0 Å². The van der Waals surface area contributed by atoms with Crippen LogP contribution >= 0.6 is 0 Å². The van der Waals surface area contributed by atoms with E-state index in [0.717, 1.165) is 19.4 Å². The van der Waals surface area contributed by atoms with E-state index in [2.05, 4.69) is 22.2 Å². The summed E-state index contributed by atoms with van der Waals surface area (Å²) < 4.78 is 0. The average molecular weight is 407 g/mol. The second-order valence-electron chi connectivity index (χ2n) is 9.55. The number of aliphatic hydroxyl groups excluding tert-OH is 1. The molecule has 0 bridgehead atoms. The molecule has 164 valence electrons. The highest BCUT2D eigenvalue weighted by molar-refractivity contribution is 5.83. The third kappa shape index (κ3) is 4.62. The van der Waals surface area contributed by atoms with E-state index in [9.17, 15) is 14.7 Å². The van der Waals surface area contributed by atoms with Crippen molar-refractivity contribution in [2.24, 2.45) is 0 Å². The number of hydrogen-bond acceptors (Lipinski definition) is 5. The quantitative estimate of drug-likeness (QED) is 0.727. The molecule has 7 nitrogen and oxygen atoms in total. The number of nitrogens with one attached hydrogen (secondary N) is 1. The van der Waals surface area contributed by atoms with Gasteiger partial charge < -0.3 is 15.3 Å². The summed E-state index contributed by atoms with van der Waals surface area (Å²) in [6, 6.07) is 0.988. The Morgan fingerprint density at radius 1 is 1.07 bits per heavy atom. The van der Waals surface area contributed by atoms with Crippen LogP contribution in [0.15, 0.2) is 0 Å². The van der Waals surface area contributed by atoms with Crippen molar-refractivity contribution in [1.82, 2.24) is 20.0 Å². The van der Waals surface area contributed by atoms with Gasteiger partial charge in [0.1, 0.15) is 6.04 Å². The van der Waals surface area contributed by atoms with Gasteiger partial charge in [0.05, 0.1) is 6.10 Å². The van der Waals surface area contributed by atoms with Crippen LogP contribution in [0.4, 0.5) is 0 Å². The molecule has 4 fully saturated rings. The number of piperidine rings is 1. The molecule has 0 radical (unpaired) electrons. The van der Waals surface area contributed by atoms with Crippen molar-refractivity contribution in [2.75, 3.05) is 33.2 Å². The summed E-state index contributed by atoms with van der Waals surface area (Å²) in [5, 5.41) is 12.8. The third-order valence-corrected chi connectivity index (χ3v) is 7.84. The Bertz CT molecular complexity index is 587. The topological polar surface area (TPSA) is 76.1 Å². The zero-order valence-corrected chi connectivity index (χ0v) is 17.9. The molecule has 4 aliphatic rings. The molecule has 0 aromatic heterocycles. The molecule has 3 aliphatic heterocycles. The largest absolute Gasteiger partial charge is 0.393 e. The fraction of sp³-hybridized carbons (Fsp3) is 0.909. The molecule has 3 heterocycles. The fourth-order valence-corrected chi connectivity index (χ4v) is 5.98. The molecule has 1 aliphatic carbocycles. The van der Waals surface area contributed by atoms with Gasteiger partial charge in [-0.05, 0) is 45.6 Å². The van der Waals surface area contributed by atoms with E-state index in [1.54, 1.807) is 0 Å². The Morgan fingerprint density at radius 2 is 1.79 bits per heavy atom. The smallest absolute Gasteiger partial charge is 0.239 e. The Kier molecular flexibility index (Phi) is 6.76. The Balaban J connectivity index is 1.35. The molecule has 29 heavy (non-hydrogen) atoms. The molecule has 0 spiro atoms. The van der Waals surface area contributed by atoms with Crippen LogP contribution in [0.1, 0.15) is 64.2 Å². The first kappa shape index (κ1) is 21.1. The van der Waals surface area contributed by atoms with Gasteiger partial charge in [-0.1, -0.05) is 19.3 Å². The highest BCUT2D eigenvalue weighted by Gasteiger charge is 2.47. The van der Waals surface area contributed by atoms with Crippen LogP contribution in [0.2, 0.25) is 0 Å². The lowest BCUT2D eigenvalue weighted by molar-refractivity contribution is -0.133. The van der Waals surface area contributed by atoms with Crippen molar-refractivity contribution in [3.05, 3.63) is 0 Å². The summed E-state index contributed by atoms with van der Waals surface area (Å²) in [6.07, 6.45) is 9.81. The summed E-state index contributed by atoms with van der Waals surface area (Å²) >= 11 is 0. The summed E-state index contributed by atoms with van der Waals surface area (Å²) in [5.74, 6) is 0.372. The van der Waals surface area contributed by atoms with E-state index in [1.165, 1.54) is 32.1 Å². The molecular formula is C22H38N4O3. The molecule has 3 atom stereocenters. The van der Waals surface area contributed by atoms with Gasteiger partial charge in [-0.2, -0.15) is 0 Å². The van der Waals surface area contributed by atoms with Crippen molar-refractivity contribution in [2.45, 2.75) is 94.5 Å². The number of amides is 2. The molecule has 4 rings (SSSR count). The normalized spacial score (nSPS) is 33.4. The number of carbonyl (C=O) groups is 2. The minimum absolute atomic E-state index is 0.0348. The van der Waals surface area contributed by atoms with E-state index in [1.807, 2.05) is 4.90 Å². The highest BCUT2D eigenvalue weighted by Crippen LogP contribution is 2.33. The average Bonchev–Trinajstić information content (AvgIpc) is 3.15. The minimum atomic E-state index is -0.256. The van der Waals surface area contributed by atoms with Crippen LogP contribution in [-0.4, -0.2) is 95.1 Å². The fourth-order valence-electron chi connectivity index (χ4n) is 5.98. The lowest BCUT2D eigenvalue weighted by atomic mass is 9.93. The maximum absolute atomic E-state index is 13.0. The van der Waals surface area contributed by atoms with Crippen LogP contribution in [0.25, 0.3) is 0 Å². The lowest BCUT2D eigenvalue weighted by Crippen LogP contribution is -2.53. The number of rotatable bonds is 4. The van der Waals surface area contributed by atoms with E-state index < -0.39 is 0 Å². The molecule has 1 saturated carbocycles. The minimum Gasteiger partial charge on any atom is -0.393 e. The third-order valence-electron chi connectivity index (χ3n) is 7.84. The summed E-state index contributed by atoms with van der Waals surface area (Å²) in [6.45, 7) is 2.98. The first-order valence-corrected chi connectivity index (χ1v) is 11.8. The zero-order chi connectivity index (χ0) is 20.4. The van der Waals surface area contributed by atoms with E-state index >= 15 is 0 Å². The maximum atomic E-state index is 13.0. The van der Waals surface area contributed by atoms with Crippen molar-refractivity contribution in [3.8, 4) is 0 Å². The standard InChI is InChI=1S/C22H38N4O3/c1-24-17(7-8-20(28)25-12-9-18(27)10-13-25)15-23-22(29)21-19(24)11-14-26(21)16-5-3-2-4-6-16/h16-19,21,27H,2-15H2,1H3,(H,23,29)/t17-,19+,21-/m0/s1. The summed E-state index contributed by atoms with van der Waals surface area (Å²) in [4.78, 5) is 32.4. The van der Waals surface area contributed by atoms with Crippen LogP contribution in [-0.2, 0) is 9.59 Å². The maximum Gasteiger partial charge on any atom is 0.239 e. The lowest BCUT2D eigenvalue weighted by Gasteiger charge is -2.37. The summed E-state index contributed by atoms with van der Waals surface area (Å²) in [5.41, 5.74) is 0. The molecule has 2 amide bonds. The first-order valence-electron chi connectivity index (χ1n) is 11.8. The second-order valence-corrected chi connectivity index (χ2v) is 9.55. The monoisotopic (exact) mass is 406 g/mol. The first-order chi connectivity index (χ1) is 14.0. The molecule has 0 unspecified atom stereocenters. The van der Waals surface area contributed by atoms with Crippen molar-refractivity contribution in [3.63, 3.8) is 0 Å². The number of aliphatic hydroxyl groups is 1. The molecule has 7 heteroatoms. The SMILES string of the molecule is CN1[C@@H](CCC(=O)N2CCC(O)CC2)CNC(=O)[C@@H]2[C@H]1CCN2C1CCCCC1. The number of hydrogen-bond donors (Lipinski definition) is 2. The van der Waals surface area contributed by atoms with Crippen LogP contribution < -0.4 is 5.32 Å². The number of carbonyl (C=O) groups excluding carboxylic acids is 2. The molecule has 3 saturated heterocycles. The predicted molar refractivity (Wildman–Crippen MR) is 111 cm³/mol. The number of fused-ring (bicyclic) bond motifs is 1.